The lowest BCUT2D eigenvalue weighted by Crippen LogP contribution is -2.01. The summed E-state index contributed by atoms with van der Waals surface area (Å²) in [6, 6.07) is 7.83. The highest BCUT2D eigenvalue weighted by molar-refractivity contribution is 5.55. The predicted molar refractivity (Wildman–Crippen MR) is 74.8 cm³/mol. The standard InChI is InChI=1S/C15H18N2O3/c1-19-11-15-13(7-8-18)10-17(16-15)9-12-3-5-14(20-2)6-4-12/h3-6,8,10H,7,9,11H2,1-2H3. The summed E-state index contributed by atoms with van der Waals surface area (Å²) >= 11 is 0. The van der Waals surface area contributed by atoms with Crippen molar-refractivity contribution in [2.24, 2.45) is 0 Å². The Balaban J connectivity index is 2.15. The first kappa shape index (κ1) is 14.3. The molecule has 0 spiro atoms. The van der Waals surface area contributed by atoms with Crippen molar-refractivity contribution in [1.82, 2.24) is 9.78 Å². The number of aldehydes is 1. The van der Waals surface area contributed by atoms with Crippen molar-refractivity contribution in [2.75, 3.05) is 14.2 Å². The molecule has 2 rings (SSSR count). The Bertz CT molecular complexity index is 561. The maximum atomic E-state index is 10.7. The number of carbonyl (C=O) groups is 1. The molecule has 0 aliphatic carbocycles. The summed E-state index contributed by atoms with van der Waals surface area (Å²) in [7, 11) is 3.26. The van der Waals surface area contributed by atoms with Gasteiger partial charge in [0.25, 0.3) is 0 Å². The third-order valence-electron chi connectivity index (χ3n) is 3.01. The van der Waals surface area contributed by atoms with Gasteiger partial charge in [0.15, 0.2) is 0 Å². The van der Waals surface area contributed by atoms with Crippen LogP contribution in [-0.4, -0.2) is 30.3 Å². The van der Waals surface area contributed by atoms with Crippen LogP contribution >= 0.6 is 0 Å². The van der Waals surface area contributed by atoms with E-state index < -0.39 is 0 Å². The number of rotatable bonds is 7. The first-order chi connectivity index (χ1) is 9.76. The summed E-state index contributed by atoms with van der Waals surface area (Å²) in [6.07, 6.45) is 3.14. The molecule has 0 saturated carbocycles. The zero-order chi connectivity index (χ0) is 14.4. The fourth-order valence-corrected chi connectivity index (χ4v) is 2.02. The highest BCUT2D eigenvalue weighted by Gasteiger charge is 2.08. The Morgan fingerprint density at radius 1 is 1.25 bits per heavy atom. The van der Waals surface area contributed by atoms with Gasteiger partial charge in [0.05, 0.1) is 26.0 Å². The van der Waals surface area contributed by atoms with Gasteiger partial charge in [0, 0.05) is 25.3 Å². The van der Waals surface area contributed by atoms with Crippen LogP contribution in [0.2, 0.25) is 0 Å². The van der Waals surface area contributed by atoms with Gasteiger partial charge in [-0.3, -0.25) is 4.68 Å². The average Bonchev–Trinajstić information content (AvgIpc) is 2.82. The van der Waals surface area contributed by atoms with Crippen LogP contribution in [-0.2, 0) is 29.1 Å². The molecule has 0 unspecified atom stereocenters. The Kier molecular flexibility index (Phi) is 4.90. The van der Waals surface area contributed by atoms with Gasteiger partial charge < -0.3 is 14.3 Å². The Morgan fingerprint density at radius 3 is 2.60 bits per heavy atom. The maximum absolute atomic E-state index is 10.7. The zero-order valence-electron chi connectivity index (χ0n) is 11.7. The van der Waals surface area contributed by atoms with Gasteiger partial charge >= 0.3 is 0 Å². The molecule has 0 N–H and O–H groups in total. The van der Waals surface area contributed by atoms with Crippen molar-refractivity contribution in [2.45, 2.75) is 19.6 Å². The van der Waals surface area contributed by atoms with E-state index in [0.29, 0.717) is 19.6 Å². The van der Waals surface area contributed by atoms with Crippen LogP contribution in [0.4, 0.5) is 0 Å². The third-order valence-corrected chi connectivity index (χ3v) is 3.01. The molecule has 0 fully saturated rings. The molecule has 0 bridgehead atoms. The van der Waals surface area contributed by atoms with E-state index in [0.717, 1.165) is 28.9 Å². The minimum Gasteiger partial charge on any atom is -0.497 e. The van der Waals surface area contributed by atoms with Crippen molar-refractivity contribution in [3.8, 4) is 5.75 Å². The SMILES string of the molecule is COCc1nn(Cc2ccc(OC)cc2)cc1CC=O. The van der Waals surface area contributed by atoms with Crippen molar-refractivity contribution in [3.63, 3.8) is 0 Å². The summed E-state index contributed by atoms with van der Waals surface area (Å²) in [5.74, 6) is 0.830. The molecule has 0 amide bonds. The minimum atomic E-state index is 0.362. The molecular weight excluding hydrogens is 256 g/mol. The summed E-state index contributed by atoms with van der Waals surface area (Å²) < 4.78 is 12.1. The molecule has 2 aromatic rings. The second-order valence-corrected chi connectivity index (χ2v) is 4.45. The molecule has 20 heavy (non-hydrogen) atoms. The van der Waals surface area contributed by atoms with E-state index in [-0.39, 0.29) is 0 Å². The summed E-state index contributed by atoms with van der Waals surface area (Å²) in [5, 5.41) is 4.46. The summed E-state index contributed by atoms with van der Waals surface area (Å²) in [6.45, 7) is 1.07. The van der Waals surface area contributed by atoms with Gasteiger partial charge in [-0.25, -0.2) is 0 Å². The highest BCUT2D eigenvalue weighted by Crippen LogP contribution is 2.14. The fourth-order valence-electron chi connectivity index (χ4n) is 2.02. The number of methoxy groups -OCH3 is 2. The number of hydrogen-bond acceptors (Lipinski definition) is 4. The molecule has 106 valence electrons. The largest absolute Gasteiger partial charge is 0.497 e. The predicted octanol–water partition coefficient (Wildman–Crippen LogP) is 1.83. The van der Waals surface area contributed by atoms with E-state index in [2.05, 4.69) is 5.10 Å². The quantitative estimate of drug-likeness (QED) is 0.723. The number of aromatic nitrogens is 2. The van der Waals surface area contributed by atoms with Crippen molar-refractivity contribution in [3.05, 3.63) is 47.3 Å². The van der Waals surface area contributed by atoms with E-state index >= 15 is 0 Å². The second kappa shape index (κ2) is 6.86. The van der Waals surface area contributed by atoms with Crippen LogP contribution in [0.1, 0.15) is 16.8 Å². The molecule has 0 aliphatic heterocycles. The van der Waals surface area contributed by atoms with Crippen molar-refractivity contribution in [1.29, 1.82) is 0 Å². The van der Waals surface area contributed by atoms with Crippen molar-refractivity contribution >= 4 is 6.29 Å². The highest BCUT2D eigenvalue weighted by atomic mass is 16.5. The van der Waals surface area contributed by atoms with E-state index in [1.165, 1.54) is 0 Å². The minimum absolute atomic E-state index is 0.362. The van der Waals surface area contributed by atoms with Gasteiger partial charge in [-0.1, -0.05) is 12.1 Å². The van der Waals surface area contributed by atoms with Gasteiger partial charge in [-0.15, -0.1) is 0 Å². The Morgan fingerprint density at radius 2 is 2.00 bits per heavy atom. The second-order valence-electron chi connectivity index (χ2n) is 4.45. The lowest BCUT2D eigenvalue weighted by atomic mass is 10.2. The van der Waals surface area contributed by atoms with Gasteiger partial charge in [-0.05, 0) is 17.7 Å². The maximum Gasteiger partial charge on any atom is 0.124 e. The summed E-state index contributed by atoms with van der Waals surface area (Å²) in [5.41, 5.74) is 2.85. The first-order valence-electron chi connectivity index (χ1n) is 6.37. The molecule has 0 saturated heterocycles. The number of nitrogens with zero attached hydrogens (tertiary/aromatic N) is 2. The molecule has 0 atom stereocenters. The van der Waals surface area contributed by atoms with E-state index in [1.54, 1.807) is 14.2 Å². The van der Waals surface area contributed by atoms with E-state index in [9.17, 15) is 4.79 Å². The molecule has 1 heterocycles. The van der Waals surface area contributed by atoms with Crippen LogP contribution in [0.5, 0.6) is 5.75 Å². The lowest BCUT2D eigenvalue weighted by molar-refractivity contribution is -0.107. The number of hydrogen-bond donors (Lipinski definition) is 0. The molecule has 1 aromatic heterocycles. The zero-order valence-corrected chi connectivity index (χ0v) is 11.7. The molecule has 5 heteroatoms. The monoisotopic (exact) mass is 274 g/mol. The fraction of sp³-hybridized carbons (Fsp3) is 0.333. The molecular formula is C15H18N2O3. The molecule has 0 radical (unpaired) electrons. The average molecular weight is 274 g/mol. The number of ether oxygens (including phenoxy) is 2. The van der Waals surface area contributed by atoms with Gasteiger partial charge in [-0.2, -0.15) is 5.10 Å². The van der Waals surface area contributed by atoms with Gasteiger partial charge in [0.2, 0.25) is 0 Å². The van der Waals surface area contributed by atoms with Crippen LogP contribution in [0, 0.1) is 0 Å². The normalized spacial score (nSPS) is 10.5. The van der Waals surface area contributed by atoms with E-state index in [4.69, 9.17) is 9.47 Å². The van der Waals surface area contributed by atoms with Crippen LogP contribution in [0.25, 0.3) is 0 Å². The molecule has 1 aromatic carbocycles. The first-order valence-corrected chi connectivity index (χ1v) is 6.37. The van der Waals surface area contributed by atoms with Gasteiger partial charge in [0.1, 0.15) is 12.0 Å². The number of carbonyl (C=O) groups excluding carboxylic acids is 1. The Hall–Kier alpha value is -2.14. The smallest absolute Gasteiger partial charge is 0.124 e. The van der Waals surface area contributed by atoms with Crippen LogP contribution in [0.15, 0.2) is 30.5 Å². The molecule has 5 nitrogen and oxygen atoms in total. The Labute approximate surface area is 118 Å². The summed E-state index contributed by atoms with van der Waals surface area (Å²) in [4.78, 5) is 10.7. The lowest BCUT2D eigenvalue weighted by Gasteiger charge is -2.03. The van der Waals surface area contributed by atoms with E-state index in [1.807, 2.05) is 35.1 Å². The van der Waals surface area contributed by atoms with Crippen LogP contribution < -0.4 is 4.74 Å². The topological polar surface area (TPSA) is 53.4 Å². The van der Waals surface area contributed by atoms with Crippen LogP contribution in [0.3, 0.4) is 0 Å². The third kappa shape index (κ3) is 3.45. The number of benzene rings is 1. The van der Waals surface area contributed by atoms with Crippen molar-refractivity contribution < 1.29 is 14.3 Å². The molecule has 0 aliphatic rings.